The van der Waals surface area contributed by atoms with Gasteiger partial charge in [0.15, 0.2) is 12.4 Å². The summed E-state index contributed by atoms with van der Waals surface area (Å²) in [7, 11) is 0. The lowest BCUT2D eigenvalue weighted by atomic mass is 9.99. The summed E-state index contributed by atoms with van der Waals surface area (Å²) in [4.78, 5) is 26.6. The molecule has 1 saturated heterocycles. The van der Waals surface area contributed by atoms with Gasteiger partial charge in [0, 0.05) is 6.42 Å². The number of amides is 1. The quantitative estimate of drug-likeness (QED) is 0.0195. The van der Waals surface area contributed by atoms with E-state index in [0.29, 0.717) is 12.8 Å². The van der Waals surface area contributed by atoms with Crippen LogP contribution in [0.4, 0.5) is 0 Å². The molecule has 11 nitrogen and oxygen atoms in total. The molecule has 6 N–H and O–H groups in total. The molecule has 8 atom stereocenters. The molecular weight excluding hydrogens is 1040 g/mol. The largest absolute Gasteiger partial charge is 0.454 e. The number of nitrogens with one attached hydrogen (secondary N) is 1. The van der Waals surface area contributed by atoms with E-state index < -0.39 is 67.4 Å². The molecule has 482 valence electrons. The van der Waals surface area contributed by atoms with Crippen molar-refractivity contribution in [2.45, 2.75) is 359 Å². The Morgan fingerprint density at radius 2 is 0.831 bits per heavy atom. The van der Waals surface area contributed by atoms with Crippen LogP contribution >= 0.6 is 0 Å². The predicted octanol–water partition coefficient (Wildman–Crippen LogP) is 17.5. The lowest BCUT2D eigenvalue weighted by Gasteiger charge is -2.41. The number of carbonyl (C=O) groups is 2. The zero-order chi connectivity index (χ0) is 60.3. The second-order valence-corrected chi connectivity index (χ2v) is 23.9. The average Bonchev–Trinajstić information content (AvgIpc) is 3.69. The van der Waals surface area contributed by atoms with Crippen molar-refractivity contribution >= 4 is 11.9 Å². The van der Waals surface area contributed by atoms with Gasteiger partial charge in [-0.2, -0.15) is 0 Å². The van der Waals surface area contributed by atoms with Crippen molar-refractivity contribution in [3.05, 3.63) is 72.9 Å². The van der Waals surface area contributed by atoms with Crippen molar-refractivity contribution in [3.8, 4) is 0 Å². The molecule has 8 unspecified atom stereocenters. The fourth-order valence-electron chi connectivity index (χ4n) is 10.6. The van der Waals surface area contributed by atoms with Gasteiger partial charge in [0.2, 0.25) is 5.91 Å². The van der Waals surface area contributed by atoms with Crippen molar-refractivity contribution in [3.63, 3.8) is 0 Å². The van der Waals surface area contributed by atoms with Crippen LogP contribution in [-0.2, 0) is 23.8 Å². The standard InChI is InChI=1S/C72H129NO10/c1-4-7-10-13-16-19-22-24-26-28-30-32-34-35-37-39-41-44-47-50-53-56-59-65(76)71(80)73-63(64(75)58-55-52-49-46-43-21-18-15-12-9-6-3)62-81-72-70(69(79)68(78)66(61-74)82-72)83-67(77)60-57-54-51-48-45-42-40-38-36-33-31-29-27-25-23-20-17-14-11-8-5-2/h16-17,19-20,24-27,31,33,55,58,63-66,68-70,72,74-76,78-79H,4-15,18,21-23,28-30,32,34-54,56-57,59-62H2,1-3H3,(H,73,80)/b19-16-,20-17-,26-24-,27-25-,33-31-,58-55+. The van der Waals surface area contributed by atoms with Gasteiger partial charge in [-0.3, -0.25) is 9.59 Å². The number of unbranched alkanes of at least 4 members (excludes halogenated alkanes) is 35. The third-order valence-electron chi connectivity index (χ3n) is 16.1. The first-order chi connectivity index (χ1) is 40.7. The van der Waals surface area contributed by atoms with E-state index in [-0.39, 0.29) is 19.4 Å². The summed E-state index contributed by atoms with van der Waals surface area (Å²) in [5, 5.41) is 57.2. The first-order valence-corrected chi connectivity index (χ1v) is 34.7. The monoisotopic (exact) mass is 1170 g/mol. The van der Waals surface area contributed by atoms with E-state index in [1.807, 2.05) is 6.08 Å². The highest BCUT2D eigenvalue weighted by Gasteiger charge is 2.47. The van der Waals surface area contributed by atoms with Crippen LogP contribution in [0.15, 0.2) is 72.9 Å². The highest BCUT2D eigenvalue weighted by atomic mass is 16.7. The molecule has 0 radical (unpaired) electrons. The molecule has 1 aliphatic rings. The number of rotatable bonds is 59. The van der Waals surface area contributed by atoms with Gasteiger partial charge in [0.05, 0.1) is 25.4 Å². The SMILES string of the molecule is CCCCC/C=C\C/C=C\C/C=C\CCCCCCCCCCC(=O)OC1C(OCC(NC(=O)C(O)CCCCCCCCCCCCCC/C=C\C/C=C\CCCCC)C(O)/C=C/CCCCCCCCCCC)OC(CO)C(O)C1O. The minimum absolute atomic E-state index is 0.114. The molecule has 11 heteroatoms. The molecule has 0 spiro atoms. The molecule has 1 amide bonds. The number of carbonyl (C=O) groups excluding carboxylic acids is 2. The van der Waals surface area contributed by atoms with Crippen molar-refractivity contribution in [2.24, 2.45) is 0 Å². The summed E-state index contributed by atoms with van der Waals surface area (Å²) in [5.41, 5.74) is 0. The normalized spacial score (nSPS) is 19.0. The second-order valence-electron chi connectivity index (χ2n) is 23.9. The number of esters is 1. The summed E-state index contributed by atoms with van der Waals surface area (Å²) in [5.74, 6) is -1.20. The van der Waals surface area contributed by atoms with Gasteiger partial charge in [0.1, 0.15) is 24.4 Å². The Morgan fingerprint density at radius 3 is 1.27 bits per heavy atom. The zero-order valence-electron chi connectivity index (χ0n) is 53.6. The zero-order valence-corrected chi connectivity index (χ0v) is 53.6. The van der Waals surface area contributed by atoms with Crippen molar-refractivity contribution < 1.29 is 49.3 Å². The molecule has 1 fully saturated rings. The van der Waals surface area contributed by atoms with Gasteiger partial charge in [-0.15, -0.1) is 0 Å². The number of aliphatic hydroxyl groups excluding tert-OH is 5. The molecule has 0 aromatic rings. The fourth-order valence-corrected chi connectivity index (χ4v) is 10.6. The molecule has 0 aliphatic carbocycles. The molecule has 1 rings (SSSR count). The second kappa shape index (κ2) is 59.4. The van der Waals surface area contributed by atoms with E-state index in [1.165, 1.54) is 173 Å². The maximum absolute atomic E-state index is 13.5. The lowest BCUT2D eigenvalue weighted by Crippen LogP contribution is -2.61. The Morgan fingerprint density at radius 1 is 0.470 bits per heavy atom. The Kier molecular flexibility index (Phi) is 55.9. The van der Waals surface area contributed by atoms with Gasteiger partial charge in [0.25, 0.3) is 0 Å². The van der Waals surface area contributed by atoms with E-state index in [4.69, 9.17) is 14.2 Å². The summed E-state index contributed by atoms with van der Waals surface area (Å²) >= 11 is 0. The van der Waals surface area contributed by atoms with Gasteiger partial charge in [-0.05, 0) is 96.3 Å². The third kappa shape index (κ3) is 46.9. The maximum Gasteiger partial charge on any atom is 0.306 e. The Hall–Kier alpha value is -2.90. The van der Waals surface area contributed by atoms with Crippen LogP contribution in [0.1, 0.15) is 310 Å². The van der Waals surface area contributed by atoms with Crippen LogP contribution in [-0.4, -0.2) is 99.6 Å². The summed E-state index contributed by atoms with van der Waals surface area (Å²) < 4.78 is 17.7. The number of hydrogen-bond donors (Lipinski definition) is 6. The van der Waals surface area contributed by atoms with E-state index in [1.54, 1.807) is 6.08 Å². The first kappa shape index (κ1) is 78.1. The van der Waals surface area contributed by atoms with Gasteiger partial charge >= 0.3 is 5.97 Å². The van der Waals surface area contributed by atoms with E-state index in [9.17, 15) is 35.1 Å². The molecule has 1 aliphatic heterocycles. The first-order valence-electron chi connectivity index (χ1n) is 34.7. The van der Waals surface area contributed by atoms with Gasteiger partial charge < -0.3 is 45.1 Å². The van der Waals surface area contributed by atoms with Crippen LogP contribution < -0.4 is 5.32 Å². The third-order valence-corrected chi connectivity index (χ3v) is 16.1. The number of aliphatic hydroxyl groups is 5. The highest BCUT2D eigenvalue weighted by molar-refractivity contribution is 5.80. The van der Waals surface area contributed by atoms with Crippen LogP contribution in [0.5, 0.6) is 0 Å². The molecule has 0 aromatic carbocycles. The Labute approximate surface area is 509 Å². The van der Waals surface area contributed by atoms with E-state index in [2.05, 4.69) is 86.8 Å². The predicted molar refractivity (Wildman–Crippen MR) is 347 cm³/mol. The van der Waals surface area contributed by atoms with Crippen LogP contribution in [0.25, 0.3) is 0 Å². The fraction of sp³-hybridized carbons (Fsp3) is 0.806. The van der Waals surface area contributed by atoms with Gasteiger partial charge in [-0.1, -0.05) is 280 Å². The van der Waals surface area contributed by atoms with Crippen LogP contribution in [0.3, 0.4) is 0 Å². The maximum atomic E-state index is 13.5. The Balaban J connectivity index is 2.58. The van der Waals surface area contributed by atoms with Crippen LogP contribution in [0.2, 0.25) is 0 Å². The van der Waals surface area contributed by atoms with Crippen LogP contribution in [0, 0.1) is 0 Å². The molecule has 0 bridgehead atoms. The Bertz CT molecular complexity index is 1630. The van der Waals surface area contributed by atoms with E-state index >= 15 is 0 Å². The van der Waals surface area contributed by atoms with Crippen molar-refractivity contribution in [1.29, 1.82) is 0 Å². The minimum Gasteiger partial charge on any atom is -0.454 e. The smallest absolute Gasteiger partial charge is 0.306 e. The summed E-state index contributed by atoms with van der Waals surface area (Å²) in [6, 6.07) is -1.03. The highest BCUT2D eigenvalue weighted by Crippen LogP contribution is 2.26. The molecule has 1 heterocycles. The number of ether oxygens (including phenoxy) is 3. The minimum atomic E-state index is -1.62. The molecule has 0 aromatic heterocycles. The lowest BCUT2D eigenvalue weighted by molar-refractivity contribution is -0.305. The van der Waals surface area contributed by atoms with Gasteiger partial charge in [-0.25, -0.2) is 0 Å². The van der Waals surface area contributed by atoms with E-state index in [0.717, 1.165) is 89.9 Å². The topological polar surface area (TPSA) is 175 Å². The van der Waals surface area contributed by atoms with Crippen molar-refractivity contribution in [2.75, 3.05) is 13.2 Å². The molecular formula is C72H129NO10. The molecule has 83 heavy (non-hydrogen) atoms. The number of allylic oxidation sites excluding steroid dienone is 11. The summed E-state index contributed by atoms with van der Waals surface area (Å²) in [6.07, 6.45) is 66.5. The number of hydrogen-bond acceptors (Lipinski definition) is 10. The average molecular weight is 1170 g/mol. The summed E-state index contributed by atoms with van der Waals surface area (Å²) in [6.45, 7) is 5.75. The van der Waals surface area contributed by atoms with Crippen molar-refractivity contribution in [1.82, 2.24) is 5.32 Å². The molecule has 0 saturated carbocycles.